The Morgan fingerprint density at radius 3 is 2.69 bits per heavy atom. The molecule has 3 amide bonds. The topological polar surface area (TPSA) is 111 Å². The molecule has 0 aliphatic carbocycles. The SMILES string of the molecule is COc1ccc(C)cc1-n1nnnc1SCC(=O)NC(=O)NC(C)(C)C. The maximum Gasteiger partial charge on any atom is 0.321 e. The van der Waals surface area contributed by atoms with Gasteiger partial charge in [-0.3, -0.25) is 10.1 Å². The number of carbonyl (C=O) groups excluding carboxylic acids is 2. The summed E-state index contributed by atoms with van der Waals surface area (Å²) in [5.74, 6) is 0.160. The zero-order valence-electron chi connectivity index (χ0n) is 15.4. The van der Waals surface area contributed by atoms with E-state index in [2.05, 4.69) is 26.2 Å². The highest BCUT2D eigenvalue weighted by atomic mass is 32.2. The molecule has 2 aromatic rings. The molecule has 0 aliphatic heterocycles. The van der Waals surface area contributed by atoms with E-state index in [1.165, 1.54) is 4.68 Å². The molecule has 0 saturated carbocycles. The molecule has 0 radical (unpaired) electrons. The molecular formula is C16H22N6O3S. The minimum atomic E-state index is -0.539. The average Bonchev–Trinajstić information content (AvgIpc) is 2.99. The maximum absolute atomic E-state index is 12.0. The molecule has 1 aromatic heterocycles. The Balaban J connectivity index is 2.05. The quantitative estimate of drug-likeness (QED) is 0.762. The molecule has 0 spiro atoms. The predicted molar refractivity (Wildman–Crippen MR) is 97.6 cm³/mol. The minimum absolute atomic E-state index is 0.00787. The number of aryl methyl sites for hydroxylation is 1. The van der Waals surface area contributed by atoms with Gasteiger partial charge in [-0.25, -0.2) is 4.79 Å². The van der Waals surface area contributed by atoms with E-state index in [1.807, 2.05) is 45.9 Å². The lowest BCUT2D eigenvalue weighted by Gasteiger charge is -2.20. The van der Waals surface area contributed by atoms with Gasteiger partial charge in [0.15, 0.2) is 0 Å². The molecule has 2 N–H and O–H groups in total. The zero-order valence-corrected chi connectivity index (χ0v) is 16.2. The van der Waals surface area contributed by atoms with Crippen LogP contribution in [0.15, 0.2) is 23.4 Å². The van der Waals surface area contributed by atoms with Gasteiger partial charge in [0.05, 0.1) is 12.9 Å². The number of nitrogens with zero attached hydrogens (tertiary/aromatic N) is 4. The number of hydrogen-bond donors (Lipinski definition) is 2. The summed E-state index contributed by atoms with van der Waals surface area (Å²) >= 11 is 1.12. The zero-order chi connectivity index (χ0) is 19.3. The van der Waals surface area contributed by atoms with Crippen LogP contribution in [0.3, 0.4) is 0 Å². The van der Waals surface area contributed by atoms with Crippen LogP contribution in [0.1, 0.15) is 26.3 Å². The van der Waals surface area contributed by atoms with Gasteiger partial charge in [-0.15, -0.1) is 5.10 Å². The highest BCUT2D eigenvalue weighted by molar-refractivity contribution is 7.99. The summed E-state index contributed by atoms with van der Waals surface area (Å²) in [6.45, 7) is 7.43. The number of amides is 3. The largest absolute Gasteiger partial charge is 0.494 e. The lowest BCUT2D eigenvalue weighted by Crippen LogP contribution is -2.48. The highest BCUT2D eigenvalue weighted by Gasteiger charge is 2.18. The molecular weight excluding hydrogens is 356 g/mol. The molecule has 0 unspecified atom stereocenters. The molecule has 0 fully saturated rings. The lowest BCUT2D eigenvalue weighted by atomic mass is 10.1. The third kappa shape index (κ3) is 5.45. The van der Waals surface area contributed by atoms with E-state index in [-0.39, 0.29) is 5.75 Å². The third-order valence-electron chi connectivity index (χ3n) is 3.08. The summed E-state index contributed by atoms with van der Waals surface area (Å²) < 4.78 is 6.84. The Kier molecular flexibility index (Phi) is 6.19. The number of nitrogens with one attached hydrogen (secondary N) is 2. The lowest BCUT2D eigenvalue weighted by molar-refractivity contribution is -0.117. The van der Waals surface area contributed by atoms with Crippen molar-refractivity contribution in [3.05, 3.63) is 23.8 Å². The van der Waals surface area contributed by atoms with Gasteiger partial charge < -0.3 is 10.1 Å². The van der Waals surface area contributed by atoms with Gasteiger partial charge in [0.1, 0.15) is 11.4 Å². The molecule has 26 heavy (non-hydrogen) atoms. The van der Waals surface area contributed by atoms with Crippen molar-refractivity contribution < 1.29 is 14.3 Å². The standard InChI is InChI=1S/C16H22N6O3S/c1-10-6-7-12(25-5)11(8-10)22-15(19-20-21-22)26-9-13(23)17-14(24)18-16(2,3)4/h6-8H,9H2,1-5H3,(H2,17,18,23,24). The molecule has 1 heterocycles. The van der Waals surface area contributed by atoms with Gasteiger partial charge >= 0.3 is 6.03 Å². The summed E-state index contributed by atoms with van der Waals surface area (Å²) in [5, 5.41) is 16.9. The Hall–Kier alpha value is -2.62. The summed E-state index contributed by atoms with van der Waals surface area (Å²) in [6, 6.07) is 5.09. The first-order valence-corrected chi connectivity index (χ1v) is 8.86. The van der Waals surface area contributed by atoms with E-state index in [0.29, 0.717) is 16.6 Å². The number of thioether (sulfide) groups is 1. The van der Waals surface area contributed by atoms with E-state index in [0.717, 1.165) is 17.3 Å². The number of ether oxygens (including phenoxy) is 1. The van der Waals surface area contributed by atoms with Crippen LogP contribution in [0.4, 0.5) is 4.79 Å². The van der Waals surface area contributed by atoms with Crippen LogP contribution in [-0.2, 0) is 4.79 Å². The second-order valence-corrected chi connectivity index (χ2v) is 7.53. The molecule has 0 atom stereocenters. The van der Waals surface area contributed by atoms with Crippen LogP contribution in [0, 0.1) is 6.92 Å². The van der Waals surface area contributed by atoms with Gasteiger partial charge in [-0.1, -0.05) is 17.8 Å². The molecule has 1 aromatic carbocycles. The van der Waals surface area contributed by atoms with Gasteiger partial charge in [0.2, 0.25) is 11.1 Å². The van der Waals surface area contributed by atoms with Crippen molar-refractivity contribution in [1.29, 1.82) is 0 Å². The van der Waals surface area contributed by atoms with Crippen LogP contribution < -0.4 is 15.4 Å². The molecule has 9 nitrogen and oxygen atoms in total. The van der Waals surface area contributed by atoms with E-state index in [1.54, 1.807) is 7.11 Å². The predicted octanol–water partition coefficient (Wildman–Crippen LogP) is 1.70. The Bertz CT molecular complexity index is 800. The van der Waals surface area contributed by atoms with E-state index in [9.17, 15) is 9.59 Å². The number of aromatic nitrogens is 4. The maximum atomic E-state index is 12.0. The minimum Gasteiger partial charge on any atom is -0.494 e. The number of methoxy groups -OCH3 is 1. The molecule has 0 bridgehead atoms. The Labute approximate surface area is 155 Å². The van der Waals surface area contributed by atoms with Gasteiger partial charge in [0.25, 0.3) is 0 Å². The van der Waals surface area contributed by atoms with E-state index < -0.39 is 17.5 Å². The number of benzene rings is 1. The summed E-state index contributed by atoms with van der Waals surface area (Å²) in [6.07, 6.45) is 0. The third-order valence-corrected chi connectivity index (χ3v) is 4.00. The first-order valence-electron chi connectivity index (χ1n) is 7.88. The van der Waals surface area contributed by atoms with Crippen molar-refractivity contribution in [2.45, 2.75) is 38.4 Å². The fraction of sp³-hybridized carbons (Fsp3) is 0.438. The van der Waals surface area contributed by atoms with Crippen LogP contribution in [-0.4, -0.2) is 50.5 Å². The van der Waals surface area contributed by atoms with Crippen LogP contribution in [0.25, 0.3) is 5.69 Å². The van der Waals surface area contributed by atoms with Crippen LogP contribution >= 0.6 is 11.8 Å². The van der Waals surface area contributed by atoms with Crippen molar-refractivity contribution in [2.75, 3.05) is 12.9 Å². The Morgan fingerprint density at radius 1 is 1.31 bits per heavy atom. The number of hydrogen-bond acceptors (Lipinski definition) is 7. The van der Waals surface area contributed by atoms with Gasteiger partial charge in [-0.2, -0.15) is 4.68 Å². The number of rotatable bonds is 5. The number of tetrazole rings is 1. The van der Waals surface area contributed by atoms with Crippen LogP contribution in [0.5, 0.6) is 5.75 Å². The fourth-order valence-corrected chi connectivity index (χ4v) is 2.73. The van der Waals surface area contributed by atoms with Crippen molar-refractivity contribution >= 4 is 23.7 Å². The molecule has 10 heteroatoms. The molecule has 2 rings (SSSR count). The number of carbonyl (C=O) groups is 2. The second kappa shape index (κ2) is 8.17. The van der Waals surface area contributed by atoms with Crippen molar-refractivity contribution in [1.82, 2.24) is 30.8 Å². The smallest absolute Gasteiger partial charge is 0.321 e. The summed E-state index contributed by atoms with van der Waals surface area (Å²) in [7, 11) is 1.56. The fourth-order valence-electron chi connectivity index (χ4n) is 2.05. The summed E-state index contributed by atoms with van der Waals surface area (Å²) in [5.41, 5.74) is 1.26. The normalized spacial score (nSPS) is 11.1. The van der Waals surface area contributed by atoms with Gasteiger partial charge in [-0.05, 0) is 55.8 Å². The average molecular weight is 378 g/mol. The number of imide groups is 1. The van der Waals surface area contributed by atoms with E-state index in [4.69, 9.17) is 4.74 Å². The summed E-state index contributed by atoms with van der Waals surface area (Å²) in [4.78, 5) is 23.7. The Morgan fingerprint density at radius 2 is 2.04 bits per heavy atom. The molecule has 140 valence electrons. The molecule has 0 saturated heterocycles. The number of urea groups is 1. The first-order chi connectivity index (χ1) is 12.2. The van der Waals surface area contributed by atoms with Crippen LogP contribution in [0.2, 0.25) is 0 Å². The van der Waals surface area contributed by atoms with Crippen molar-refractivity contribution in [3.8, 4) is 11.4 Å². The van der Waals surface area contributed by atoms with Crippen molar-refractivity contribution in [3.63, 3.8) is 0 Å². The van der Waals surface area contributed by atoms with Gasteiger partial charge in [0, 0.05) is 5.54 Å². The molecule has 0 aliphatic rings. The highest BCUT2D eigenvalue weighted by Crippen LogP contribution is 2.26. The van der Waals surface area contributed by atoms with E-state index >= 15 is 0 Å². The monoisotopic (exact) mass is 378 g/mol. The second-order valence-electron chi connectivity index (χ2n) is 6.59. The van der Waals surface area contributed by atoms with Crippen molar-refractivity contribution in [2.24, 2.45) is 0 Å². The first kappa shape index (κ1) is 19.7.